The zero-order valence-corrected chi connectivity index (χ0v) is 13.6. The molecule has 1 saturated heterocycles. The molecule has 1 aromatic carbocycles. The smallest absolute Gasteiger partial charge is 0.238 e. The average molecular weight is 286 g/mol. The SMILES string of the molecule is Cc1ccc(C)c(C2NCC(=O)N2C2CCCC2(C)C)c1. The van der Waals surface area contributed by atoms with Crippen LogP contribution < -0.4 is 5.32 Å². The molecule has 2 aliphatic rings. The molecule has 1 saturated carbocycles. The standard InChI is InChI=1S/C18H26N2O/c1-12-7-8-13(2)14(10-12)17-19-11-16(21)20(17)15-6-5-9-18(15,3)4/h7-8,10,15,17,19H,5-6,9,11H2,1-4H3. The predicted octanol–water partition coefficient (Wildman–Crippen LogP) is 3.31. The van der Waals surface area contributed by atoms with Crippen molar-refractivity contribution in [2.75, 3.05) is 6.54 Å². The predicted molar refractivity (Wildman–Crippen MR) is 84.9 cm³/mol. The average Bonchev–Trinajstić information content (AvgIpc) is 2.94. The Bertz CT molecular complexity index is 564. The van der Waals surface area contributed by atoms with E-state index in [9.17, 15) is 4.79 Å². The molecule has 114 valence electrons. The topological polar surface area (TPSA) is 32.3 Å². The maximum Gasteiger partial charge on any atom is 0.238 e. The molecule has 1 aliphatic heterocycles. The fourth-order valence-electron chi connectivity index (χ4n) is 4.01. The molecule has 3 rings (SSSR count). The molecule has 2 fully saturated rings. The Morgan fingerprint density at radius 2 is 2.05 bits per heavy atom. The zero-order valence-electron chi connectivity index (χ0n) is 13.6. The molecular weight excluding hydrogens is 260 g/mol. The van der Waals surface area contributed by atoms with Gasteiger partial charge in [-0.15, -0.1) is 0 Å². The van der Waals surface area contributed by atoms with Gasteiger partial charge in [-0.1, -0.05) is 44.0 Å². The third-order valence-electron chi connectivity index (χ3n) is 5.28. The monoisotopic (exact) mass is 286 g/mol. The van der Waals surface area contributed by atoms with E-state index in [1.807, 2.05) is 0 Å². The van der Waals surface area contributed by atoms with E-state index in [1.54, 1.807) is 0 Å². The maximum absolute atomic E-state index is 12.5. The van der Waals surface area contributed by atoms with Gasteiger partial charge >= 0.3 is 0 Å². The number of carbonyl (C=O) groups is 1. The second kappa shape index (κ2) is 5.13. The second-order valence-electron chi connectivity index (χ2n) is 7.34. The number of benzene rings is 1. The summed E-state index contributed by atoms with van der Waals surface area (Å²) in [6.45, 7) is 9.32. The van der Waals surface area contributed by atoms with Crippen LogP contribution in [0.3, 0.4) is 0 Å². The molecule has 3 heteroatoms. The first-order valence-corrected chi connectivity index (χ1v) is 8.02. The van der Waals surface area contributed by atoms with Crippen LogP contribution in [0.25, 0.3) is 0 Å². The summed E-state index contributed by atoms with van der Waals surface area (Å²) in [7, 11) is 0. The summed E-state index contributed by atoms with van der Waals surface area (Å²) < 4.78 is 0. The van der Waals surface area contributed by atoms with Gasteiger partial charge < -0.3 is 4.90 Å². The third-order valence-corrected chi connectivity index (χ3v) is 5.28. The molecule has 0 radical (unpaired) electrons. The molecule has 1 aromatic rings. The molecule has 0 spiro atoms. The summed E-state index contributed by atoms with van der Waals surface area (Å²) >= 11 is 0. The minimum atomic E-state index is 0.0415. The molecule has 3 nitrogen and oxygen atoms in total. The van der Waals surface area contributed by atoms with E-state index in [1.165, 1.54) is 29.5 Å². The van der Waals surface area contributed by atoms with Crippen LogP contribution in [0.15, 0.2) is 18.2 Å². The van der Waals surface area contributed by atoms with Crippen LogP contribution in [0.2, 0.25) is 0 Å². The van der Waals surface area contributed by atoms with Gasteiger partial charge in [-0.3, -0.25) is 10.1 Å². The van der Waals surface area contributed by atoms with Crippen molar-refractivity contribution >= 4 is 5.91 Å². The molecule has 1 aliphatic carbocycles. The van der Waals surface area contributed by atoms with Crippen LogP contribution >= 0.6 is 0 Å². The van der Waals surface area contributed by atoms with E-state index in [2.05, 4.69) is 56.1 Å². The Kier molecular flexibility index (Phi) is 3.56. The summed E-state index contributed by atoms with van der Waals surface area (Å²) in [6.07, 6.45) is 3.60. The van der Waals surface area contributed by atoms with Gasteiger partial charge in [-0.2, -0.15) is 0 Å². The minimum Gasteiger partial charge on any atom is -0.318 e. The van der Waals surface area contributed by atoms with Crippen LogP contribution in [-0.2, 0) is 4.79 Å². The lowest BCUT2D eigenvalue weighted by molar-refractivity contribution is -0.132. The number of hydrogen-bond acceptors (Lipinski definition) is 2. The highest BCUT2D eigenvalue weighted by Crippen LogP contribution is 2.44. The van der Waals surface area contributed by atoms with Gasteiger partial charge in [0.15, 0.2) is 0 Å². The highest BCUT2D eigenvalue weighted by Gasteiger charge is 2.46. The minimum absolute atomic E-state index is 0.0415. The van der Waals surface area contributed by atoms with E-state index in [0.29, 0.717) is 12.6 Å². The molecule has 2 unspecified atom stereocenters. The lowest BCUT2D eigenvalue weighted by Gasteiger charge is -2.39. The van der Waals surface area contributed by atoms with E-state index in [4.69, 9.17) is 0 Å². The van der Waals surface area contributed by atoms with Gasteiger partial charge in [0.25, 0.3) is 0 Å². The van der Waals surface area contributed by atoms with Crippen LogP contribution in [0.1, 0.15) is 56.0 Å². The first-order chi connectivity index (χ1) is 9.90. The molecule has 0 bridgehead atoms. The third kappa shape index (κ3) is 2.48. The van der Waals surface area contributed by atoms with Crippen molar-refractivity contribution < 1.29 is 4.79 Å². The number of hydrogen-bond donors (Lipinski definition) is 1. The van der Waals surface area contributed by atoms with Gasteiger partial charge in [0.2, 0.25) is 5.91 Å². The Morgan fingerprint density at radius 3 is 2.71 bits per heavy atom. The molecule has 1 heterocycles. The number of nitrogens with one attached hydrogen (secondary N) is 1. The fourth-order valence-corrected chi connectivity index (χ4v) is 4.01. The Balaban J connectivity index is 1.98. The van der Waals surface area contributed by atoms with Crippen LogP contribution in [0.5, 0.6) is 0 Å². The number of aryl methyl sites for hydroxylation is 2. The summed E-state index contributed by atoms with van der Waals surface area (Å²) in [5.41, 5.74) is 3.98. The number of amides is 1. The van der Waals surface area contributed by atoms with Gasteiger partial charge in [0.1, 0.15) is 6.17 Å². The van der Waals surface area contributed by atoms with Gasteiger partial charge in [0, 0.05) is 6.04 Å². The highest BCUT2D eigenvalue weighted by molar-refractivity contribution is 5.81. The quantitative estimate of drug-likeness (QED) is 0.904. The summed E-state index contributed by atoms with van der Waals surface area (Å²) in [5.74, 6) is 0.251. The van der Waals surface area contributed by atoms with Crippen LogP contribution in [0, 0.1) is 19.3 Å². The summed E-state index contributed by atoms with van der Waals surface area (Å²) in [6, 6.07) is 6.87. The molecule has 2 atom stereocenters. The number of carbonyl (C=O) groups excluding carboxylic acids is 1. The van der Waals surface area contributed by atoms with Crippen molar-refractivity contribution in [2.45, 2.75) is 59.2 Å². The number of rotatable bonds is 2. The van der Waals surface area contributed by atoms with Crippen molar-refractivity contribution in [2.24, 2.45) is 5.41 Å². The van der Waals surface area contributed by atoms with Crippen molar-refractivity contribution in [3.05, 3.63) is 34.9 Å². The molecule has 21 heavy (non-hydrogen) atoms. The first kappa shape index (κ1) is 14.6. The molecule has 1 amide bonds. The first-order valence-electron chi connectivity index (χ1n) is 8.02. The van der Waals surface area contributed by atoms with Gasteiger partial charge in [-0.25, -0.2) is 0 Å². The summed E-state index contributed by atoms with van der Waals surface area (Å²) in [4.78, 5) is 14.6. The van der Waals surface area contributed by atoms with Crippen LogP contribution in [-0.4, -0.2) is 23.4 Å². The Hall–Kier alpha value is -1.35. The molecule has 0 aromatic heterocycles. The largest absolute Gasteiger partial charge is 0.318 e. The highest BCUT2D eigenvalue weighted by atomic mass is 16.2. The molecular formula is C18H26N2O. The van der Waals surface area contributed by atoms with Crippen LogP contribution in [0.4, 0.5) is 0 Å². The summed E-state index contributed by atoms with van der Waals surface area (Å²) in [5, 5.41) is 3.43. The normalized spacial score (nSPS) is 28.4. The van der Waals surface area contributed by atoms with Crippen molar-refractivity contribution in [3.63, 3.8) is 0 Å². The van der Waals surface area contributed by atoms with Gasteiger partial charge in [0.05, 0.1) is 6.54 Å². The van der Waals surface area contributed by atoms with Crippen molar-refractivity contribution in [3.8, 4) is 0 Å². The van der Waals surface area contributed by atoms with E-state index in [0.717, 1.165) is 6.42 Å². The van der Waals surface area contributed by atoms with E-state index >= 15 is 0 Å². The lowest BCUT2D eigenvalue weighted by atomic mass is 9.85. The van der Waals surface area contributed by atoms with E-state index in [-0.39, 0.29) is 17.5 Å². The van der Waals surface area contributed by atoms with Crippen molar-refractivity contribution in [1.82, 2.24) is 10.2 Å². The lowest BCUT2D eigenvalue weighted by Crippen LogP contribution is -2.45. The maximum atomic E-state index is 12.5. The molecule has 1 N–H and O–H groups in total. The zero-order chi connectivity index (χ0) is 15.2. The Labute approximate surface area is 127 Å². The van der Waals surface area contributed by atoms with Gasteiger partial charge in [-0.05, 0) is 43.2 Å². The number of nitrogens with zero attached hydrogens (tertiary/aromatic N) is 1. The second-order valence-corrected chi connectivity index (χ2v) is 7.34. The fraction of sp³-hybridized carbons (Fsp3) is 0.611. The van der Waals surface area contributed by atoms with Crippen molar-refractivity contribution in [1.29, 1.82) is 0 Å². The van der Waals surface area contributed by atoms with E-state index < -0.39 is 0 Å². The Morgan fingerprint density at radius 1 is 1.29 bits per heavy atom.